The Labute approximate surface area is 161 Å². The molecule has 0 amide bonds. The van der Waals surface area contributed by atoms with Crippen molar-refractivity contribution in [3.8, 4) is 17.3 Å². The number of rotatable bonds is 1. The smallest absolute Gasteiger partial charge is 0.148 e. The van der Waals surface area contributed by atoms with Crippen LogP contribution >= 0.6 is 12.6 Å². The maximum Gasteiger partial charge on any atom is 0.148 e. The summed E-state index contributed by atoms with van der Waals surface area (Å²) in [4.78, 5) is 3.62. The van der Waals surface area contributed by atoms with Gasteiger partial charge < -0.3 is 16.5 Å². The zero-order valence-corrected chi connectivity index (χ0v) is 15.6. The first-order valence-corrected chi connectivity index (χ1v) is 8.34. The van der Waals surface area contributed by atoms with Gasteiger partial charge in [0.25, 0.3) is 0 Å². The first-order chi connectivity index (χ1) is 12.8. The van der Waals surface area contributed by atoms with Gasteiger partial charge in [0.2, 0.25) is 0 Å². The average molecular weight is 392 g/mol. The molecular weight excluding hydrogens is 373 g/mol. The Hall–Kier alpha value is -3.05. The molecule has 2 aromatic carbocycles. The molecule has 142 valence electrons. The van der Waals surface area contributed by atoms with E-state index in [4.69, 9.17) is 16.7 Å². The van der Waals surface area contributed by atoms with Gasteiger partial charge in [-0.05, 0) is 24.3 Å². The average Bonchev–Trinajstić information content (AvgIpc) is 3.09. The minimum atomic E-state index is -0.695. The Morgan fingerprint density at radius 1 is 0.926 bits per heavy atom. The number of nitrogens with two attached hydrogens (primary N) is 2. The van der Waals surface area contributed by atoms with Gasteiger partial charge in [-0.25, -0.2) is 13.2 Å². The van der Waals surface area contributed by atoms with Crippen molar-refractivity contribution in [1.82, 2.24) is 4.98 Å². The second-order valence-corrected chi connectivity index (χ2v) is 5.49. The van der Waals surface area contributed by atoms with Crippen molar-refractivity contribution in [3.05, 3.63) is 65.6 Å². The molecule has 1 heterocycles. The zero-order valence-electron chi connectivity index (χ0n) is 14.7. The molecule has 4 nitrogen and oxygen atoms in total. The summed E-state index contributed by atoms with van der Waals surface area (Å²) in [6.07, 6.45) is 1.66. The van der Waals surface area contributed by atoms with Crippen molar-refractivity contribution in [2.45, 2.75) is 18.7 Å². The molecule has 3 aromatic rings. The van der Waals surface area contributed by atoms with Crippen LogP contribution in [-0.2, 0) is 0 Å². The van der Waals surface area contributed by atoms with Gasteiger partial charge in [0.1, 0.15) is 17.5 Å². The molecule has 0 unspecified atom stereocenters. The normalized spacial score (nSPS) is 9.37. The number of H-pyrrole nitrogens is 1. The quantitative estimate of drug-likeness (QED) is 0.341. The topological polar surface area (TPSA) is 91.6 Å². The number of anilines is 2. The number of thiol groups is 1. The van der Waals surface area contributed by atoms with Crippen LogP contribution in [0.4, 0.5) is 24.5 Å². The number of nitrogens with zero attached hydrogens (tertiary/aromatic N) is 1. The highest BCUT2D eigenvalue weighted by Crippen LogP contribution is 2.24. The molecule has 1 aromatic heterocycles. The second-order valence-electron chi connectivity index (χ2n) is 4.97. The zero-order chi connectivity index (χ0) is 20.6. The van der Waals surface area contributed by atoms with Crippen LogP contribution in [0.15, 0.2) is 47.5 Å². The summed E-state index contributed by atoms with van der Waals surface area (Å²) in [5.41, 5.74) is 11.0. The van der Waals surface area contributed by atoms with Gasteiger partial charge in [0, 0.05) is 34.5 Å². The molecule has 0 spiro atoms. The Morgan fingerprint density at radius 2 is 1.48 bits per heavy atom. The van der Waals surface area contributed by atoms with Gasteiger partial charge in [-0.15, -0.1) is 12.6 Å². The highest BCUT2D eigenvalue weighted by Gasteiger charge is 2.07. The van der Waals surface area contributed by atoms with Crippen LogP contribution < -0.4 is 11.5 Å². The predicted octanol–water partition coefficient (Wildman–Crippen LogP) is 5.14. The minimum absolute atomic E-state index is 0.230. The number of nitrogens with one attached hydrogen (secondary N) is 1. The van der Waals surface area contributed by atoms with Crippen LogP contribution in [-0.4, -0.2) is 4.98 Å². The Kier molecular flexibility index (Phi) is 8.30. The molecule has 0 atom stereocenters. The van der Waals surface area contributed by atoms with Gasteiger partial charge in [0.15, 0.2) is 0 Å². The summed E-state index contributed by atoms with van der Waals surface area (Å²) in [5, 5.41) is 8.71. The first kappa shape index (κ1) is 22.0. The summed E-state index contributed by atoms with van der Waals surface area (Å²) in [6.45, 7) is 4.00. The predicted molar refractivity (Wildman–Crippen MR) is 105 cm³/mol. The summed E-state index contributed by atoms with van der Waals surface area (Å²) in [5.74, 6) is -1.75. The first-order valence-electron chi connectivity index (χ1n) is 7.89. The summed E-state index contributed by atoms with van der Waals surface area (Å²) in [7, 11) is 0. The number of hydrogen-bond acceptors (Lipinski definition) is 4. The van der Waals surface area contributed by atoms with E-state index in [9.17, 15) is 13.2 Å². The van der Waals surface area contributed by atoms with Crippen LogP contribution in [0.25, 0.3) is 11.3 Å². The third kappa shape index (κ3) is 6.01. The molecule has 27 heavy (non-hydrogen) atoms. The summed E-state index contributed by atoms with van der Waals surface area (Å²) >= 11 is 4.12. The molecule has 0 radical (unpaired) electrons. The van der Waals surface area contributed by atoms with E-state index in [2.05, 4.69) is 17.6 Å². The van der Waals surface area contributed by atoms with Crippen LogP contribution in [0.3, 0.4) is 0 Å². The standard InChI is InChI=1S/C11H7FN2S.C6H6F2N2.C2H6/c12-10-2-1-7(5-13)3-9(10)11-4-8(15)6-14-11;7-3-1-5(9)4(8)2-6(3)10;1-2/h1-4,6,14-15H;1-2H,9-10H2;1-2H3. The van der Waals surface area contributed by atoms with Crippen molar-refractivity contribution in [3.63, 3.8) is 0 Å². The molecule has 0 bridgehead atoms. The van der Waals surface area contributed by atoms with Gasteiger partial charge in [-0.3, -0.25) is 0 Å². The molecule has 0 fully saturated rings. The highest BCUT2D eigenvalue weighted by atomic mass is 32.1. The number of benzene rings is 2. The number of nitriles is 1. The molecule has 0 saturated heterocycles. The van der Waals surface area contributed by atoms with Crippen molar-refractivity contribution < 1.29 is 13.2 Å². The second kappa shape index (κ2) is 10.2. The Bertz CT molecular complexity index is 898. The number of aromatic nitrogens is 1. The molecule has 3 rings (SSSR count). The van der Waals surface area contributed by atoms with E-state index in [1.807, 2.05) is 19.9 Å². The highest BCUT2D eigenvalue weighted by molar-refractivity contribution is 7.80. The number of hydrogen-bond donors (Lipinski definition) is 4. The molecule has 0 aliphatic heterocycles. The fourth-order valence-corrected chi connectivity index (χ4v) is 2.11. The Balaban J connectivity index is 0.000000265. The van der Waals surface area contributed by atoms with E-state index in [1.54, 1.807) is 12.3 Å². The van der Waals surface area contributed by atoms with Gasteiger partial charge in [-0.2, -0.15) is 5.26 Å². The van der Waals surface area contributed by atoms with Crippen LogP contribution in [0.2, 0.25) is 0 Å². The lowest BCUT2D eigenvalue weighted by Gasteiger charge is -2.00. The lowest BCUT2D eigenvalue weighted by atomic mass is 10.1. The van der Waals surface area contributed by atoms with Crippen molar-refractivity contribution in [2.75, 3.05) is 11.5 Å². The molecule has 8 heteroatoms. The SMILES string of the molecule is CC.N#Cc1ccc(F)c(-c2cc(S)c[nH]2)c1.Nc1cc(F)c(N)cc1F. The van der Waals surface area contributed by atoms with E-state index >= 15 is 0 Å². The summed E-state index contributed by atoms with van der Waals surface area (Å²) in [6, 6.07) is 9.63. The minimum Gasteiger partial charge on any atom is -0.396 e. The van der Waals surface area contributed by atoms with E-state index in [0.29, 0.717) is 16.8 Å². The van der Waals surface area contributed by atoms with Crippen LogP contribution in [0, 0.1) is 28.8 Å². The lowest BCUT2D eigenvalue weighted by molar-refractivity contribution is 0.608. The lowest BCUT2D eigenvalue weighted by Crippen LogP contribution is -1.96. The van der Waals surface area contributed by atoms with E-state index < -0.39 is 11.6 Å². The van der Waals surface area contributed by atoms with E-state index in [-0.39, 0.29) is 17.2 Å². The number of nitrogen functional groups attached to an aromatic ring is 2. The molecule has 0 aliphatic rings. The van der Waals surface area contributed by atoms with Crippen molar-refractivity contribution in [2.24, 2.45) is 0 Å². The largest absolute Gasteiger partial charge is 0.396 e. The number of halogens is 3. The van der Waals surface area contributed by atoms with E-state index in [0.717, 1.165) is 17.0 Å². The molecule has 0 aliphatic carbocycles. The maximum atomic E-state index is 13.4. The van der Waals surface area contributed by atoms with E-state index in [1.165, 1.54) is 18.2 Å². The summed E-state index contributed by atoms with van der Waals surface area (Å²) < 4.78 is 38.2. The molecule has 0 saturated carbocycles. The fourth-order valence-electron chi connectivity index (χ4n) is 1.92. The molecule has 5 N–H and O–H groups in total. The maximum absolute atomic E-state index is 13.4. The van der Waals surface area contributed by atoms with Crippen molar-refractivity contribution >= 4 is 24.0 Å². The monoisotopic (exact) mass is 392 g/mol. The third-order valence-corrected chi connectivity index (χ3v) is 3.43. The number of aromatic amines is 1. The van der Waals surface area contributed by atoms with Crippen LogP contribution in [0.1, 0.15) is 19.4 Å². The fraction of sp³-hybridized carbons (Fsp3) is 0.105. The van der Waals surface area contributed by atoms with Gasteiger partial charge in [0.05, 0.1) is 23.0 Å². The van der Waals surface area contributed by atoms with Gasteiger partial charge in [-0.1, -0.05) is 13.8 Å². The molecular formula is C19H19F3N4S. The van der Waals surface area contributed by atoms with Crippen LogP contribution in [0.5, 0.6) is 0 Å². The van der Waals surface area contributed by atoms with Crippen molar-refractivity contribution in [1.29, 1.82) is 5.26 Å². The van der Waals surface area contributed by atoms with Gasteiger partial charge >= 0.3 is 0 Å². The Morgan fingerprint density at radius 3 is 1.93 bits per heavy atom. The third-order valence-electron chi connectivity index (χ3n) is 3.17.